The maximum Gasteiger partial charge on any atom is 0.260 e. The smallest absolute Gasteiger partial charge is 0.260 e. The SMILES string of the molecule is CCC(C)NC(=O)C(C)Oc1cc(Br)ccc1C. The Kier molecular flexibility index (Phi) is 5.66. The number of benzene rings is 1. The van der Waals surface area contributed by atoms with Crippen LogP contribution in [0.1, 0.15) is 32.8 Å². The van der Waals surface area contributed by atoms with Gasteiger partial charge in [0, 0.05) is 10.5 Å². The zero-order valence-corrected chi connectivity index (χ0v) is 12.9. The Morgan fingerprint density at radius 3 is 2.72 bits per heavy atom. The van der Waals surface area contributed by atoms with E-state index in [2.05, 4.69) is 21.2 Å². The van der Waals surface area contributed by atoms with Crippen LogP contribution >= 0.6 is 15.9 Å². The average molecular weight is 314 g/mol. The third-order valence-electron chi connectivity index (χ3n) is 2.82. The number of aryl methyl sites for hydroxylation is 1. The van der Waals surface area contributed by atoms with Crippen LogP contribution in [0.5, 0.6) is 5.75 Å². The Morgan fingerprint density at radius 1 is 1.44 bits per heavy atom. The van der Waals surface area contributed by atoms with Gasteiger partial charge in [-0.1, -0.05) is 28.9 Å². The number of ether oxygens (including phenoxy) is 1. The van der Waals surface area contributed by atoms with Crippen molar-refractivity contribution in [3.8, 4) is 5.75 Å². The van der Waals surface area contributed by atoms with Crippen LogP contribution in [-0.4, -0.2) is 18.1 Å². The molecule has 0 aliphatic carbocycles. The van der Waals surface area contributed by atoms with E-state index >= 15 is 0 Å². The predicted octanol–water partition coefficient (Wildman–Crippen LogP) is 3.44. The summed E-state index contributed by atoms with van der Waals surface area (Å²) < 4.78 is 6.63. The van der Waals surface area contributed by atoms with E-state index in [1.165, 1.54) is 0 Å². The minimum absolute atomic E-state index is 0.0799. The van der Waals surface area contributed by atoms with Crippen LogP contribution in [0.15, 0.2) is 22.7 Å². The van der Waals surface area contributed by atoms with Crippen molar-refractivity contribution in [2.45, 2.75) is 46.3 Å². The van der Waals surface area contributed by atoms with Gasteiger partial charge in [-0.15, -0.1) is 0 Å². The van der Waals surface area contributed by atoms with Crippen molar-refractivity contribution in [2.75, 3.05) is 0 Å². The molecule has 18 heavy (non-hydrogen) atoms. The van der Waals surface area contributed by atoms with E-state index in [4.69, 9.17) is 4.74 Å². The van der Waals surface area contributed by atoms with Gasteiger partial charge in [-0.2, -0.15) is 0 Å². The highest BCUT2D eigenvalue weighted by Gasteiger charge is 2.17. The van der Waals surface area contributed by atoms with Gasteiger partial charge in [-0.05, 0) is 44.9 Å². The molecule has 0 bridgehead atoms. The largest absolute Gasteiger partial charge is 0.481 e. The second kappa shape index (κ2) is 6.78. The fraction of sp³-hybridized carbons (Fsp3) is 0.500. The van der Waals surface area contributed by atoms with Gasteiger partial charge in [0.15, 0.2) is 6.10 Å². The monoisotopic (exact) mass is 313 g/mol. The van der Waals surface area contributed by atoms with Crippen LogP contribution < -0.4 is 10.1 Å². The zero-order valence-electron chi connectivity index (χ0n) is 11.3. The molecule has 100 valence electrons. The van der Waals surface area contributed by atoms with E-state index < -0.39 is 6.10 Å². The summed E-state index contributed by atoms with van der Waals surface area (Å²) in [4.78, 5) is 11.9. The first-order chi connectivity index (χ1) is 8.43. The molecule has 1 N–H and O–H groups in total. The molecule has 1 rings (SSSR count). The van der Waals surface area contributed by atoms with E-state index in [0.29, 0.717) is 0 Å². The topological polar surface area (TPSA) is 38.3 Å². The second-order valence-corrected chi connectivity index (χ2v) is 5.40. The lowest BCUT2D eigenvalue weighted by Crippen LogP contribution is -2.41. The van der Waals surface area contributed by atoms with Gasteiger partial charge in [0.2, 0.25) is 0 Å². The highest BCUT2D eigenvalue weighted by atomic mass is 79.9. The molecule has 3 nitrogen and oxygen atoms in total. The quantitative estimate of drug-likeness (QED) is 0.904. The second-order valence-electron chi connectivity index (χ2n) is 4.49. The minimum Gasteiger partial charge on any atom is -0.481 e. The van der Waals surface area contributed by atoms with Gasteiger partial charge in [-0.25, -0.2) is 0 Å². The summed E-state index contributed by atoms with van der Waals surface area (Å²) in [6.07, 6.45) is 0.418. The lowest BCUT2D eigenvalue weighted by atomic mass is 10.2. The molecule has 0 radical (unpaired) electrons. The van der Waals surface area contributed by atoms with Crippen molar-refractivity contribution in [1.29, 1.82) is 0 Å². The first kappa shape index (κ1) is 15.0. The summed E-state index contributed by atoms with van der Waals surface area (Å²) in [6.45, 7) is 7.74. The zero-order chi connectivity index (χ0) is 13.7. The molecule has 1 aromatic rings. The molecule has 0 saturated heterocycles. The Morgan fingerprint density at radius 2 is 2.11 bits per heavy atom. The fourth-order valence-electron chi connectivity index (χ4n) is 1.41. The molecule has 1 amide bonds. The van der Waals surface area contributed by atoms with Gasteiger partial charge in [0.05, 0.1) is 0 Å². The van der Waals surface area contributed by atoms with Crippen LogP contribution in [0.3, 0.4) is 0 Å². The van der Waals surface area contributed by atoms with Crippen molar-refractivity contribution in [3.63, 3.8) is 0 Å². The highest BCUT2D eigenvalue weighted by Crippen LogP contribution is 2.23. The minimum atomic E-state index is -0.494. The van der Waals surface area contributed by atoms with Crippen LogP contribution in [0, 0.1) is 6.92 Å². The van der Waals surface area contributed by atoms with Crippen molar-refractivity contribution in [1.82, 2.24) is 5.32 Å². The van der Waals surface area contributed by atoms with Gasteiger partial charge >= 0.3 is 0 Å². The third-order valence-corrected chi connectivity index (χ3v) is 3.32. The van der Waals surface area contributed by atoms with Gasteiger partial charge in [-0.3, -0.25) is 4.79 Å². The molecule has 0 aliphatic rings. The number of halogens is 1. The van der Waals surface area contributed by atoms with Gasteiger partial charge in [0.1, 0.15) is 5.75 Å². The Labute approximate surface area is 117 Å². The molecule has 0 saturated carbocycles. The summed E-state index contributed by atoms with van der Waals surface area (Å²) in [6, 6.07) is 5.96. The first-order valence-corrected chi connectivity index (χ1v) is 6.96. The number of hydrogen-bond acceptors (Lipinski definition) is 2. The summed E-state index contributed by atoms with van der Waals surface area (Å²) >= 11 is 3.39. The maximum atomic E-state index is 11.9. The summed E-state index contributed by atoms with van der Waals surface area (Å²) in [5.74, 6) is 0.653. The van der Waals surface area contributed by atoms with E-state index in [0.717, 1.165) is 22.2 Å². The van der Waals surface area contributed by atoms with Crippen LogP contribution in [0.25, 0.3) is 0 Å². The fourth-order valence-corrected chi connectivity index (χ4v) is 1.75. The Bertz CT molecular complexity index is 420. The van der Waals surface area contributed by atoms with Crippen molar-refractivity contribution in [3.05, 3.63) is 28.2 Å². The standard InChI is InChI=1S/C14H20BrNO2/c1-5-10(3)16-14(17)11(4)18-13-8-12(15)7-6-9(13)2/h6-8,10-11H,5H2,1-4H3,(H,16,17). The third kappa shape index (κ3) is 4.33. The van der Waals surface area contributed by atoms with E-state index in [-0.39, 0.29) is 11.9 Å². The Hall–Kier alpha value is -1.03. The molecule has 0 aliphatic heterocycles. The van der Waals surface area contributed by atoms with Gasteiger partial charge in [0.25, 0.3) is 5.91 Å². The molecular weight excluding hydrogens is 294 g/mol. The van der Waals surface area contributed by atoms with Crippen molar-refractivity contribution < 1.29 is 9.53 Å². The number of rotatable bonds is 5. The maximum absolute atomic E-state index is 11.9. The highest BCUT2D eigenvalue weighted by molar-refractivity contribution is 9.10. The Balaban J connectivity index is 2.66. The van der Waals surface area contributed by atoms with Crippen LogP contribution in [0.4, 0.5) is 0 Å². The van der Waals surface area contributed by atoms with E-state index in [1.807, 2.05) is 39.0 Å². The average Bonchev–Trinajstić information content (AvgIpc) is 2.33. The normalized spacial score (nSPS) is 13.8. The molecule has 0 aromatic heterocycles. The van der Waals surface area contributed by atoms with E-state index in [1.54, 1.807) is 6.92 Å². The summed E-state index contributed by atoms with van der Waals surface area (Å²) in [5.41, 5.74) is 1.02. The van der Waals surface area contributed by atoms with E-state index in [9.17, 15) is 4.79 Å². The van der Waals surface area contributed by atoms with Crippen LogP contribution in [0.2, 0.25) is 0 Å². The van der Waals surface area contributed by atoms with Crippen LogP contribution in [-0.2, 0) is 4.79 Å². The number of hydrogen-bond donors (Lipinski definition) is 1. The summed E-state index contributed by atoms with van der Waals surface area (Å²) in [5, 5.41) is 2.91. The molecular formula is C14H20BrNO2. The predicted molar refractivity (Wildman–Crippen MR) is 76.9 cm³/mol. The number of nitrogens with one attached hydrogen (secondary N) is 1. The molecule has 0 heterocycles. The van der Waals surface area contributed by atoms with Gasteiger partial charge < -0.3 is 10.1 Å². The molecule has 1 aromatic carbocycles. The lowest BCUT2D eigenvalue weighted by Gasteiger charge is -2.18. The number of carbonyl (C=O) groups is 1. The molecule has 2 unspecified atom stereocenters. The first-order valence-electron chi connectivity index (χ1n) is 6.17. The summed E-state index contributed by atoms with van der Waals surface area (Å²) in [7, 11) is 0. The van der Waals surface area contributed by atoms with Crippen molar-refractivity contribution >= 4 is 21.8 Å². The molecule has 0 spiro atoms. The molecule has 0 fully saturated rings. The molecule has 2 atom stereocenters. The number of carbonyl (C=O) groups excluding carboxylic acids is 1. The number of amides is 1. The lowest BCUT2D eigenvalue weighted by molar-refractivity contribution is -0.127. The molecule has 4 heteroatoms. The van der Waals surface area contributed by atoms with Crippen molar-refractivity contribution in [2.24, 2.45) is 0 Å².